The Balaban J connectivity index is 2.20. The van der Waals surface area contributed by atoms with Crippen LogP contribution in [0.1, 0.15) is 29.8 Å². The topological polar surface area (TPSA) is 50.7 Å². The summed E-state index contributed by atoms with van der Waals surface area (Å²) in [7, 11) is 0. The number of aromatic nitrogens is 3. The maximum atomic E-state index is 4.61. The molecule has 4 nitrogen and oxygen atoms in total. The van der Waals surface area contributed by atoms with Crippen LogP contribution in [0.5, 0.6) is 0 Å². The molecule has 21 heavy (non-hydrogen) atoms. The summed E-state index contributed by atoms with van der Waals surface area (Å²) in [4.78, 5) is 12.9. The number of hydrogen-bond donors (Lipinski definition) is 1. The highest BCUT2D eigenvalue weighted by Gasteiger charge is 2.17. The summed E-state index contributed by atoms with van der Waals surface area (Å²) in [5, 5.41) is 4.69. The summed E-state index contributed by atoms with van der Waals surface area (Å²) in [5.41, 5.74) is 4.32. The standard InChI is InChI=1S/C17H18N4/c1-3-20-17(13-9-18-11-19-10-13)15-8-12(2)21-16-7-5-4-6-14(15)16/h4-11,17,20H,3H2,1-2H3. The van der Waals surface area contributed by atoms with E-state index in [0.717, 1.165) is 28.7 Å². The van der Waals surface area contributed by atoms with Crippen molar-refractivity contribution in [3.05, 3.63) is 65.9 Å². The lowest BCUT2D eigenvalue weighted by Gasteiger charge is -2.20. The largest absolute Gasteiger partial charge is 0.306 e. The maximum absolute atomic E-state index is 4.61. The molecule has 3 rings (SSSR count). The van der Waals surface area contributed by atoms with E-state index in [1.165, 1.54) is 5.56 Å². The molecule has 106 valence electrons. The van der Waals surface area contributed by atoms with Crippen molar-refractivity contribution in [2.75, 3.05) is 6.54 Å². The van der Waals surface area contributed by atoms with E-state index in [4.69, 9.17) is 0 Å². The monoisotopic (exact) mass is 278 g/mol. The molecule has 3 aromatic rings. The van der Waals surface area contributed by atoms with Gasteiger partial charge in [0.15, 0.2) is 0 Å². The van der Waals surface area contributed by atoms with E-state index < -0.39 is 0 Å². The highest BCUT2D eigenvalue weighted by atomic mass is 14.9. The summed E-state index contributed by atoms with van der Waals surface area (Å²) in [5.74, 6) is 0. The molecule has 2 heterocycles. The van der Waals surface area contributed by atoms with Crippen LogP contribution in [0.3, 0.4) is 0 Å². The number of nitrogens with one attached hydrogen (secondary N) is 1. The zero-order valence-electron chi connectivity index (χ0n) is 12.2. The normalized spacial score (nSPS) is 12.5. The Bertz CT molecular complexity index is 740. The van der Waals surface area contributed by atoms with Gasteiger partial charge in [-0.1, -0.05) is 25.1 Å². The van der Waals surface area contributed by atoms with Gasteiger partial charge in [0.05, 0.1) is 11.6 Å². The SMILES string of the molecule is CCNC(c1cncnc1)c1cc(C)nc2ccccc12. The van der Waals surface area contributed by atoms with Gasteiger partial charge in [0.2, 0.25) is 0 Å². The van der Waals surface area contributed by atoms with E-state index in [1.54, 1.807) is 6.33 Å². The third-order valence-electron chi connectivity index (χ3n) is 3.51. The van der Waals surface area contributed by atoms with Gasteiger partial charge in [-0.2, -0.15) is 0 Å². The van der Waals surface area contributed by atoms with Crippen molar-refractivity contribution in [2.45, 2.75) is 19.9 Å². The van der Waals surface area contributed by atoms with E-state index in [0.29, 0.717) is 0 Å². The zero-order valence-corrected chi connectivity index (χ0v) is 12.2. The minimum absolute atomic E-state index is 0.0720. The second-order valence-corrected chi connectivity index (χ2v) is 5.03. The minimum atomic E-state index is 0.0720. The summed E-state index contributed by atoms with van der Waals surface area (Å²) in [6, 6.07) is 10.5. The lowest BCUT2D eigenvalue weighted by molar-refractivity contribution is 0.629. The van der Waals surface area contributed by atoms with Crippen LogP contribution in [0.15, 0.2) is 49.1 Å². The van der Waals surface area contributed by atoms with Gasteiger partial charge in [0.1, 0.15) is 6.33 Å². The quantitative estimate of drug-likeness (QED) is 0.797. The van der Waals surface area contributed by atoms with Gasteiger partial charge in [0, 0.05) is 29.0 Å². The Morgan fingerprint density at radius 3 is 2.67 bits per heavy atom. The number of benzene rings is 1. The molecule has 4 heteroatoms. The van der Waals surface area contributed by atoms with Gasteiger partial charge < -0.3 is 5.32 Å². The van der Waals surface area contributed by atoms with Crippen molar-refractivity contribution in [3.8, 4) is 0 Å². The van der Waals surface area contributed by atoms with Crippen molar-refractivity contribution < 1.29 is 0 Å². The van der Waals surface area contributed by atoms with Gasteiger partial charge in [-0.3, -0.25) is 4.98 Å². The predicted molar refractivity (Wildman–Crippen MR) is 84.0 cm³/mol. The molecule has 0 saturated heterocycles. The molecule has 0 fully saturated rings. The molecule has 0 aliphatic heterocycles. The van der Waals surface area contributed by atoms with Crippen LogP contribution >= 0.6 is 0 Å². The minimum Gasteiger partial charge on any atom is -0.306 e. The fourth-order valence-corrected chi connectivity index (χ4v) is 2.65. The Morgan fingerprint density at radius 2 is 1.90 bits per heavy atom. The molecule has 1 aromatic carbocycles. The summed E-state index contributed by atoms with van der Waals surface area (Å²) >= 11 is 0. The predicted octanol–water partition coefficient (Wildman–Crippen LogP) is 3.03. The third-order valence-corrected chi connectivity index (χ3v) is 3.51. The van der Waals surface area contributed by atoms with E-state index in [1.807, 2.05) is 31.5 Å². The average molecular weight is 278 g/mol. The number of para-hydroxylation sites is 1. The molecule has 1 atom stereocenters. The van der Waals surface area contributed by atoms with Gasteiger partial charge in [-0.05, 0) is 31.2 Å². The molecule has 0 saturated carbocycles. The van der Waals surface area contributed by atoms with Crippen molar-refractivity contribution >= 4 is 10.9 Å². The summed E-state index contributed by atoms with van der Waals surface area (Å²) < 4.78 is 0. The Morgan fingerprint density at radius 1 is 1.14 bits per heavy atom. The van der Waals surface area contributed by atoms with Gasteiger partial charge in [0.25, 0.3) is 0 Å². The van der Waals surface area contributed by atoms with Crippen LogP contribution in [0.4, 0.5) is 0 Å². The number of rotatable bonds is 4. The number of fused-ring (bicyclic) bond motifs is 1. The van der Waals surface area contributed by atoms with Crippen LogP contribution in [0.25, 0.3) is 10.9 Å². The Kier molecular flexibility index (Phi) is 3.88. The van der Waals surface area contributed by atoms with Crippen LogP contribution < -0.4 is 5.32 Å². The lowest BCUT2D eigenvalue weighted by atomic mass is 9.96. The van der Waals surface area contributed by atoms with Crippen LogP contribution in [-0.2, 0) is 0 Å². The van der Waals surface area contributed by atoms with Crippen molar-refractivity contribution in [1.29, 1.82) is 0 Å². The van der Waals surface area contributed by atoms with Gasteiger partial charge >= 0.3 is 0 Å². The van der Waals surface area contributed by atoms with Crippen molar-refractivity contribution in [3.63, 3.8) is 0 Å². The van der Waals surface area contributed by atoms with Crippen LogP contribution in [-0.4, -0.2) is 21.5 Å². The number of nitrogens with zero attached hydrogens (tertiary/aromatic N) is 3. The average Bonchev–Trinajstić information content (AvgIpc) is 2.52. The van der Waals surface area contributed by atoms with E-state index >= 15 is 0 Å². The highest BCUT2D eigenvalue weighted by molar-refractivity contribution is 5.83. The lowest BCUT2D eigenvalue weighted by Crippen LogP contribution is -2.22. The Labute approximate surface area is 124 Å². The molecule has 2 aromatic heterocycles. The maximum Gasteiger partial charge on any atom is 0.115 e. The summed E-state index contributed by atoms with van der Waals surface area (Å²) in [6.45, 7) is 5.00. The summed E-state index contributed by atoms with van der Waals surface area (Å²) in [6.07, 6.45) is 5.29. The number of aryl methyl sites for hydroxylation is 1. The van der Waals surface area contributed by atoms with E-state index in [-0.39, 0.29) is 6.04 Å². The van der Waals surface area contributed by atoms with Crippen LogP contribution in [0.2, 0.25) is 0 Å². The molecule has 1 N–H and O–H groups in total. The van der Waals surface area contributed by atoms with Gasteiger partial charge in [-0.15, -0.1) is 0 Å². The molecule has 0 aliphatic carbocycles. The molecule has 0 bridgehead atoms. The second kappa shape index (κ2) is 5.97. The zero-order chi connectivity index (χ0) is 14.7. The molecular formula is C17H18N4. The smallest absolute Gasteiger partial charge is 0.115 e. The van der Waals surface area contributed by atoms with Crippen LogP contribution in [0, 0.1) is 6.92 Å². The van der Waals surface area contributed by atoms with Crippen molar-refractivity contribution in [2.24, 2.45) is 0 Å². The first kappa shape index (κ1) is 13.6. The first-order valence-corrected chi connectivity index (χ1v) is 7.14. The fraction of sp³-hybridized carbons (Fsp3) is 0.235. The Hall–Kier alpha value is -2.33. The fourth-order valence-electron chi connectivity index (χ4n) is 2.65. The highest BCUT2D eigenvalue weighted by Crippen LogP contribution is 2.28. The second-order valence-electron chi connectivity index (χ2n) is 5.03. The molecule has 0 radical (unpaired) electrons. The number of hydrogen-bond acceptors (Lipinski definition) is 4. The molecular weight excluding hydrogens is 260 g/mol. The van der Waals surface area contributed by atoms with E-state index in [2.05, 4.69) is 45.4 Å². The first-order chi connectivity index (χ1) is 10.3. The van der Waals surface area contributed by atoms with Crippen molar-refractivity contribution in [1.82, 2.24) is 20.3 Å². The van der Waals surface area contributed by atoms with Gasteiger partial charge in [-0.25, -0.2) is 9.97 Å². The third kappa shape index (κ3) is 2.76. The molecule has 0 amide bonds. The molecule has 1 unspecified atom stereocenters. The van der Waals surface area contributed by atoms with E-state index in [9.17, 15) is 0 Å². The first-order valence-electron chi connectivity index (χ1n) is 7.14. The molecule has 0 spiro atoms. The molecule has 0 aliphatic rings. The number of pyridine rings is 1.